The predicted octanol–water partition coefficient (Wildman–Crippen LogP) is 4.97. The van der Waals surface area contributed by atoms with Gasteiger partial charge >= 0.3 is 5.92 Å². The normalized spacial score (nSPS) is 11.3. The Kier molecular flexibility index (Phi) is 4.65. The number of nitrogens with one attached hydrogen (secondary N) is 1. The molecular formula is C20H17F2NO2. The highest BCUT2D eigenvalue weighted by atomic mass is 19.3. The lowest BCUT2D eigenvalue weighted by Crippen LogP contribution is -2.33. The minimum atomic E-state index is -3.75. The summed E-state index contributed by atoms with van der Waals surface area (Å²) < 4.78 is 35.5. The van der Waals surface area contributed by atoms with Gasteiger partial charge in [-0.25, -0.2) is 0 Å². The highest BCUT2D eigenvalue weighted by Crippen LogP contribution is 2.41. The third-order valence-electron chi connectivity index (χ3n) is 3.82. The van der Waals surface area contributed by atoms with Gasteiger partial charge < -0.3 is 10.1 Å². The molecule has 0 radical (unpaired) electrons. The van der Waals surface area contributed by atoms with Crippen LogP contribution in [0.1, 0.15) is 12.5 Å². The van der Waals surface area contributed by atoms with Gasteiger partial charge in [0.2, 0.25) is 0 Å². The molecule has 3 aromatic rings. The molecule has 0 bridgehead atoms. The van der Waals surface area contributed by atoms with Crippen molar-refractivity contribution in [3.63, 3.8) is 0 Å². The summed E-state index contributed by atoms with van der Waals surface area (Å²) in [4.78, 5) is 12.3. The molecule has 25 heavy (non-hydrogen) atoms. The van der Waals surface area contributed by atoms with E-state index in [0.717, 1.165) is 0 Å². The summed E-state index contributed by atoms with van der Waals surface area (Å²) >= 11 is 0. The van der Waals surface area contributed by atoms with E-state index in [1.165, 1.54) is 6.07 Å². The molecule has 1 N–H and O–H groups in total. The van der Waals surface area contributed by atoms with Crippen LogP contribution < -0.4 is 10.1 Å². The molecule has 3 nitrogen and oxygen atoms in total. The summed E-state index contributed by atoms with van der Waals surface area (Å²) in [5.74, 6) is -5.13. The maximum Gasteiger partial charge on any atom is 0.354 e. The number of hydrogen-bond acceptors (Lipinski definition) is 2. The number of fused-ring (bicyclic) bond motifs is 1. The molecule has 0 atom stereocenters. The van der Waals surface area contributed by atoms with Gasteiger partial charge in [-0.05, 0) is 35.9 Å². The molecule has 5 heteroatoms. The fourth-order valence-electron chi connectivity index (χ4n) is 2.70. The van der Waals surface area contributed by atoms with E-state index in [-0.39, 0.29) is 12.4 Å². The number of benzene rings is 3. The van der Waals surface area contributed by atoms with Crippen molar-refractivity contribution in [3.8, 4) is 5.75 Å². The molecule has 0 aliphatic carbocycles. The largest absolute Gasteiger partial charge is 0.493 e. The Bertz CT molecular complexity index is 895. The first-order valence-corrected chi connectivity index (χ1v) is 7.93. The minimum Gasteiger partial charge on any atom is -0.493 e. The van der Waals surface area contributed by atoms with Gasteiger partial charge in [0.05, 0.1) is 12.2 Å². The van der Waals surface area contributed by atoms with Crippen LogP contribution in [-0.2, 0) is 10.7 Å². The van der Waals surface area contributed by atoms with E-state index in [1.807, 2.05) is 0 Å². The lowest BCUT2D eigenvalue weighted by atomic mass is 9.97. The van der Waals surface area contributed by atoms with E-state index in [1.54, 1.807) is 67.6 Å². The maximum atomic E-state index is 15.1. The summed E-state index contributed by atoms with van der Waals surface area (Å²) in [6.07, 6.45) is 0. The average molecular weight is 341 g/mol. The average Bonchev–Trinajstić information content (AvgIpc) is 2.62. The molecule has 0 saturated heterocycles. The Labute approximate surface area is 144 Å². The van der Waals surface area contributed by atoms with Gasteiger partial charge in [-0.1, -0.05) is 48.5 Å². The standard InChI is InChI=1S/C20H17F2NO2/c1-2-25-17-13-12-14-8-6-7-11-16(14)18(17)20(21,22)19(24)23-15-9-4-3-5-10-15/h3-13H,2H2,1H3,(H,23,24). The van der Waals surface area contributed by atoms with Gasteiger partial charge in [0.25, 0.3) is 5.91 Å². The number of para-hydroxylation sites is 1. The number of anilines is 1. The van der Waals surface area contributed by atoms with Crippen molar-refractivity contribution in [3.05, 3.63) is 72.3 Å². The summed E-state index contributed by atoms with van der Waals surface area (Å²) in [5.41, 5.74) is -0.105. The first-order chi connectivity index (χ1) is 12.0. The van der Waals surface area contributed by atoms with Crippen molar-refractivity contribution in [1.82, 2.24) is 0 Å². The maximum absolute atomic E-state index is 15.1. The number of rotatable bonds is 5. The molecule has 128 valence electrons. The van der Waals surface area contributed by atoms with Crippen LogP contribution in [0.4, 0.5) is 14.5 Å². The third kappa shape index (κ3) is 3.31. The molecular weight excluding hydrogens is 324 g/mol. The number of carbonyl (C=O) groups is 1. The van der Waals surface area contributed by atoms with E-state index >= 15 is 8.78 Å². The fraction of sp³-hybridized carbons (Fsp3) is 0.150. The van der Waals surface area contributed by atoms with Gasteiger partial charge in [-0.15, -0.1) is 0 Å². The van der Waals surface area contributed by atoms with Crippen molar-refractivity contribution in [2.75, 3.05) is 11.9 Å². The number of alkyl halides is 2. The number of ether oxygens (including phenoxy) is 1. The van der Waals surface area contributed by atoms with Crippen molar-refractivity contribution in [2.24, 2.45) is 0 Å². The molecule has 0 aromatic heterocycles. The van der Waals surface area contributed by atoms with Crippen LogP contribution in [0.3, 0.4) is 0 Å². The monoisotopic (exact) mass is 341 g/mol. The van der Waals surface area contributed by atoms with Crippen LogP contribution in [0.5, 0.6) is 5.75 Å². The molecule has 0 aliphatic rings. The third-order valence-corrected chi connectivity index (χ3v) is 3.82. The summed E-state index contributed by atoms with van der Waals surface area (Å²) in [5, 5.41) is 3.18. The minimum absolute atomic E-state index is 0.00871. The molecule has 1 amide bonds. The number of amides is 1. The van der Waals surface area contributed by atoms with Crippen LogP contribution >= 0.6 is 0 Å². The molecule has 0 aliphatic heterocycles. The Morgan fingerprint density at radius 2 is 1.68 bits per heavy atom. The Balaban J connectivity index is 2.08. The Morgan fingerprint density at radius 3 is 2.40 bits per heavy atom. The second kappa shape index (κ2) is 6.89. The van der Waals surface area contributed by atoms with Crippen molar-refractivity contribution < 1.29 is 18.3 Å². The van der Waals surface area contributed by atoms with Gasteiger partial charge in [0.15, 0.2) is 0 Å². The SMILES string of the molecule is CCOc1ccc2ccccc2c1C(F)(F)C(=O)Nc1ccccc1. The first-order valence-electron chi connectivity index (χ1n) is 7.93. The molecule has 0 spiro atoms. The van der Waals surface area contributed by atoms with Crippen LogP contribution in [-0.4, -0.2) is 12.5 Å². The van der Waals surface area contributed by atoms with E-state index in [0.29, 0.717) is 16.5 Å². The molecule has 3 rings (SSSR count). The predicted molar refractivity (Wildman–Crippen MR) is 94.1 cm³/mol. The van der Waals surface area contributed by atoms with Crippen LogP contribution in [0, 0.1) is 0 Å². The van der Waals surface area contributed by atoms with Crippen molar-refractivity contribution in [2.45, 2.75) is 12.8 Å². The number of halogens is 2. The zero-order chi connectivity index (χ0) is 17.9. The lowest BCUT2D eigenvalue weighted by molar-refractivity contribution is -0.140. The molecule has 0 heterocycles. The topological polar surface area (TPSA) is 38.3 Å². The molecule has 3 aromatic carbocycles. The Morgan fingerprint density at radius 1 is 1.00 bits per heavy atom. The molecule has 0 fully saturated rings. The zero-order valence-corrected chi connectivity index (χ0v) is 13.6. The number of hydrogen-bond donors (Lipinski definition) is 1. The Hall–Kier alpha value is -2.95. The highest BCUT2D eigenvalue weighted by Gasteiger charge is 2.44. The van der Waals surface area contributed by atoms with E-state index in [9.17, 15) is 4.79 Å². The second-order valence-corrected chi connectivity index (χ2v) is 5.49. The van der Waals surface area contributed by atoms with Gasteiger partial charge in [0.1, 0.15) is 5.75 Å². The summed E-state index contributed by atoms with van der Waals surface area (Å²) in [6, 6.07) is 18.1. The second-order valence-electron chi connectivity index (χ2n) is 5.49. The highest BCUT2D eigenvalue weighted by molar-refractivity contribution is 6.01. The van der Waals surface area contributed by atoms with Gasteiger partial charge in [-0.3, -0.25) is 4.79 Å². The lowest BCUT2D eigenvalue weighted by Gasteiger charge is -2.21. The first kappa shape index (κ1) is 16.9. The van der Waals surface area contributed by atoms with Gasteiger partial charge in [0, 0.05) is 5.69 Å². The molecule has 0 saturated carbocycles. The van der Waals surface area contributed by atoms with Crippen molar-refractivity contribution >= 4 is 22.4 Å². The van der Waals surface area contributed by atoms with Crippen LogP contribution in [0.25, 0.3) is 10.8 Å². The zero-order valence-electron chi connectivity index (χ0n) is 13.6. The van der Waals surface area contributed by atoms with Crippen LogP contribution in [0.15, 0.2) is 66.7 Å². The van der Waals surface area contributed by atoms with E-state index < -0.39 is 17.4 Å². The summed E-state index contributed by atoms with van der Waals surface area (Å²) in [6.45, 7) is 1.93. The van der Waals surface area contributed by atoms with Crippen LogP contribution in [0.2, 0.25) is 0 Å². The van der Waals surface area contributed by atoms with E-state index in [4.69, 9.17) is 4.74 Å². The van der Waals surface area contributed by atoms with Crippen molar-refractivity contribution in [1.29, 1.82) is 0 Å². The fourth-order valence-corrected chi connectivity index (χ4v) is 2.70. The van der Waals surface area contributed by atoms with E-state index in [2.05, 4.69) is 5.32 Å². The number of carbonyl (C=O) groups excluding carboxylic acids is 1. The summed E-state index contributed by atoms with van der Waals surface area (Å²) in [7, 11) is 0. The quantitative estimate of drug-likeness (QED) is 0.711. The van der Waals surface area contributed by atoms with Gasteiger partial charge in [-0.2, -0.15) is 8.78 Å². The smallest absolute Gasteiger partial charge is 0.354 e. The molecule has 0 unspecified atom stereocenters.